The molecule has 0 saturated heterocycles. The van der Waals surface area contributed by atoms with Crippen LogP contribution in [0.4, 0.5) is 0 Å². The minimum absolute atomic E-state index is 0.257. The van der Waals surface area contributed by atoms with Crippen molar-refractivity contribution in [2.75, 3.05) is 25.1 Å². The van der Waals surface area contributed by atoms with E-state index >= 15 is 0 Å². The Hall–Kier alpha value is -0.940. The first-order valence-corrected chi connectivity index (χ1v) is 7.41. The fourth-order valence-electron chi connectivity index (χ4n) is 1.36. The molecule has 5 heteroatoms. The van der Waals surface area contributed by atoms with Gasteiger partial charge in [0.15, 0.2) is 0 Å². The highest BCUT2D eigenvalue weighted by atomic mass is 32.2. The van der Waals surface area contributed by atoms with Crippen LogP contribution in [0.2, 0.25) is 0 Å². The second kappa shape index (κ2) is 6.60. The van der Waals surface area contributed by atoms with Crippen LogP contribution in [0.15, 0.2) is 24.5 Å². The van der Waals surface area contributed by atoms with Gasteiger partial charge in [-0.25, -0.2) is 8.42 Å². The molecule has 1 rings (SSSR count). The van der Waals surface area contributed by atoms with E-state index in [0.717, 1.165) is 19.5 Å². The van der Waals surface area contributed by atoms with E-state index in [1.807, 2.05) is 18.3 Å². The molecule has 16 heavy (non-hydrogen) atoms. The number of pyridine rings is 1. The van der Waals surface area contributed by atoms with Gasteiger partial charge in [0.1, 0.15) is 9.84 Å². The van der Waals surface area contributed by atoms with E-state index in [-0.39, 0.29) is 5.75 Å². The second-order valence-electron chi connectivity index (χ2n) is 3.84. The summed E-state index contributed by atoms with van der Waals surface area (Å²) < 4.78 is 21.7. The Balaban J connectivity index is 2.05. The van der Waals surface area contributed by atoms with E-state index in [1.54, 1.807) is 6.20 Å². The summed E-state index contributed by atoms with van der Waals surface area (Å²) in [6, 6.07) is 3.95. The van der Waals surface area contributed by atoms with Crippen LogP contribution in [0.5, 0.6) is 0 Å². The Morgan fingerprint density at radius 3 is 2.81 bits per heavy atom. The Kier molecular flexibility index (Phi) is 5.42. The van der Waals surface area contributed by atoms with Gasteiger partial charge in [-0.05, 0) is 37.6 Å². The fraction of sp³-hybridized carbons (Fsp3) is 0.545. The van der Waals surface area contributed by atoms with Crippen LogP contribution in [-0.4, -0.2) is 38.5 Å². The number of nitrogens with zero attached hydrogens (tertiary/aromatic N) is 1. The van der Waals surface area contributed by atoms with Crippen molar-refractivity contribution >= 4 is 9.84 Å². The van der Waals surface area contributed by atoms with Gasteiger partial charge in [0.25, 0.3) is 0 Å². The highest BCUT2D eigenvalue weighted by Crippen LogP contribution is 1.95. The molecule has 1 heterocycles. The lowest BCUT2D eigenvalue weighted by atomic mass is 10.2. The van der Waals surface area contributed by atoms with Gasteiger partial charge in [0, 0.05) is 18.6 Å². The van der Waals surface area contributed by atoms with Crippen LogP contribution in [-0.2, 0) is 16.3 Å². The van der Waals surface area contributed by atoms with Gasteiger partial charge in [-0.2, -0.15) is 0 Å². The van der Waals surface area contributed by atoms with E-state index in [4.69, 9.17) is 0 Å². The molecule has 1 aromatic heterocycles. The molecule has 90 valence electrons. The first-order valence-electron chi connectivity index (χ1n) is 5.35. The van der Waals surface area contributed by atoms with E-state index in [1.165, 1.54) is 11.8 Å². The summed E-state index contributed by atoms with van der Waals surface area (Å²) in [6.45, 7) is 1.60. The number of rotatable bonds is 7. The minimum atomic E-state index is -2.81. The van der Waals surface area contributed by atoms with E-state index < -0.39 is 9.84 Å². The molecule has 0 amide bonds. The Labute approximate surface area is 97.0 Å². The molecular weight excluding hydrogens is 224 g/mol. The van der Waals surface area contributed by atoms with Crippen molar-refractivity contribution in [3.8, 4) is 0 Å². The summed E-state index contributed by atoms with van der Waals surface area (Å²) in [7, 11) is -2.81. The molecule has 1 aromatic rings. The zero-order chi connectivity index (χ0) is 11.9. The normalized spacial score (nSPS) is 11.6. The maximum Gasteiger partial charge on any atom is 0.147 e. The SMILES string of the molecule is CS(=O)(=O)CCCNCCc1cccnc1. The second-order valence-corrected chi connectivity index (χ2v) is 6.10. The van der Waals surface area contributed by atoms with E-state index in [9.17, 15) is 8.42 Å². The molecule has 0 aliphatic rings. The van der Waals surface area contributed by atoms with Gasteiger partial charge in [-0.1, -0.05) is 6.07 Å². The van der Waals surface area contributed by atoms with E-state index in [0.29, 0.717) is 6.42 Å². The van der Waals surface area contributed by atoms with Gasteiger partial charge < -0.3 is 5.32 Å². The molecule has 0 aromatic carbocycles. The third-order valence-corrected chi connectivity index (χ3v) is 3.21. The summed E-state index contributed by atoms with van der Waals surface area (Å²) in [5.41, 5.74) is 1.19. The lowest BCUT2D eigenvalue weighted by Crippen LogP contribution is -2.20. The molecule has 0 radical (unpaired) electrons. The summed E-state index contributed by atoms with van der Waals surface area (Å²) in [4.78, 5) is 4.02. The first kappa shape index (κ1) is 13.1. The van der Waals surface area contributed by atoms with Gasteiger partial charge in [-0.15, -0.1) is 0 Å². The Morgan fingerprint density at radius 2 is 2.19 bits per heavy atom. The van der Waals surface area contributed by atoms with Crippen molar-refractivity contribution in [2.45, 2.75) is 12.8 Å². The number of nitrogens with one attached hydrogen (secondary N) is 1. The number of aromatic nitrogens is 1. The monoisotopic (exact) mass is 242 g/mol. The number of sulfone groups is 1. The predicted octanol–water partition coefficient (Wildman–Crippen LogP) is 0.648. The van der Waals surface area contributed by atoms with Crippen LogP contribution in [0.25, 0.3) is 0 Å². The summed E-state index contributed by atoms with van der Waals surface area (Å²) in [5.74, 6) is 0.257. The number of hydrogen-bond acceptors (Lipinski definition) is 4. The minimum Gasteiger partial charge on any atom is -0.316 e. The summed E-state index contributed by atoms with van der Waals surface area (Å²) in [5, 5.41) is 3.21. The lowest BCUT2D eigenvalue weighted by molar-refractivity contribution is 0.594. The van der Waals surface area contributed by atoms with Crippen LogP contribution in [0, 0.1) is 0 Å². The summed E-state index contributed by atoms with van der Waals surface area (Å²) in [6.07, 6.45) is 6.46. The molecule has 1 N–H and O–H groups in total. The maximum absolute atomic E-state index is 10.8. The largest absolute Gasteiger partial charge is 0.316 e. The average molecular weight is 242 g/mol. The fourth-order valence-corrected chi connectivity index (χ4v) is 2.03. The molecule has 0 aliphatic heterocycles. The molecule has 0 unspecified atom stereocenters. The molecule has 0 saturated carbocycles. The molecule has 4 nitrogen and oxygen atoms in total. The molecule has 0 fully saturated rings. The highest BCUT2D eigenvalue weighted by molar-refractivity contribution is 7.90. The maximum atomic E-state index is 10.8. The van der Waals surface area contributed by atoms with Crippen LogP contribution < -0.4 is 5.32 Å². The lowest BCUT2D eigenvalue weighted by Gasteiger charge is -2.03. The zero-order valence-corrected chi connectivity index (χ0v) is 10.3. The molecule has 0 aliphatic carbocycles. The van der Waals surface area contributed by atoms with Crippen molar-refractivity contribution in [3.63, 3.8) is 0 Å². The Bertz CT molecular complexity index is 390. The highest BCUT2D eigenvalue weighted by Gasteiger charge is 2.00. The van der Waals surface area contributed by atoms with Crippen molar-refractivity contribution in [2.24, 2.45) is 0 Å². The molecule has 0 atom stereocenters. The van der Waals surface area contributed by atoms with Crippen LogP contribution >= 0.6 is 0 Å². The van der Waals surface area contributed by atoms with Crippen molar-refractivity contribution < 1.29 is 8.42 Å². The first-order chi connectivity index (χ1) is 7.58. The third-order valence-electron chi connectivity index (χ3n) is 2.18. The zero-order valence-electron chi connectivity index (χ0n) is 9.52. The average Bonchev–Trinajstić information content (AvgIpc) is 2.23. The Morgan fingerprint density at radius 1 is 1.38 bits per heavy atom. The number of hydrogen-bond donors (Lipinski definition) is 1. The predicted molar refractivity (Wildman–Crippen MR) is 65.1 cm³/mol. The van der Waals surface area contributed by atoms with Crippen molar-refractivity contribution in [1.82, 2.24) is 10.3 Å². The quantitative estimate of drug-likeness (QED) is 0.713. The van der Waals surface area contributed by atoms with Gasteiger partial charge in [0.05, 0.1) is 5.75 Å². The smallest absolute Gasteiger partial charge is 0.147 e. The molecule has 0 spiro atoms. The van der Waals surface area contributed by atoms with Crippen molar-refractivity contribution in [3.05, 3.63) is 30.1 Å². The summed E-state index contributed by atoms with van der Waals surface area (Å²) >= 11 is 0. The van der Waals surface area contributed by atoms with Gasteiger partial charge in [0.2, 0.25) is 0 Å². The van der Waals surface area contributed by atoms with Crippen LogP contribution in [0.3, 0.4) is 0 Å². The topological polar surface area (TPSA) is 59.1 Å². The van der Waals surface area contributed by atoms with Crippen molar-refractivity contribution in [1.29, 1.82) is 0 Å². The molecule has 0 bridgehead atoms. The van der Waals surface area contributed by atoms with Gasteiger partial charge >= 0.3 is 0 Å². The molecular formula is C11H18N2O2S. The third kappa shape index (κ3) is 6.53. The van der Waals surface area contributed by atoms with Gasteiger partial charge in [-0.3, -0.25) is 4.98 Å². The van der Waals surface area contributed by atoms with Crippen LogP contribution in [0.1, 0.15) is 12.0 Å². The standard InChI is InChI=1S/C11H18N2O2S/c1-16(14,15)9-3-7-12-8-5-11-4-2-6-13-10-11/h2,4,6,10,12H,3,5,7-9H2,1H3. The van der Waals surface area contributed by atoms with E-state index in [2.05, 4.69) is 10.3 Å².